The highest BCUT2D eigenvalue weighted by Gasteiger charge is 2.01. The number of aromatic amines is 1. The Morgan fingerprint density at radius 3 is 2.62 bits per heavy atom. The lowest BCUT2D eigenvalue weighted by Crippen LogP contribution is -2.37. The van der Waals surface area contributed by atoms with Crippen molar-refractivity contribution in [2.24, 2.45) is 0 Å². The van der Waals surface area contributed by atoms with Crippen molar-refractivity contribution in [3.8, 4) is 0 Å². The lowest BCUT2D eigenvalue weighted by molar-refractivity contribution is -0.772. The van der Waals surface area contributed by atoms with Crippen molar-refractivity contribution < 1.29 is 4.68 Å². The van der Waals surface area contributed by atoms with Crippen LogP contribution in [0.1, 0.15) is 19.9 Å². The summed E-state index contributed by atoms with van der Waals surface area (Å²) in [5.74, 6) is 0. The van der Waals surface area contributed by atoms with Gasteiger partial charge in [0.05, 0.1) is 6.04 Å². The predicted octanol–water partition coefficient (Wildman–Crippen LogP) is -0.327. The molecule has 1 aromatic rings. The summed E-state index contributed by atoms with van der Waals surface area (Å²) in [6.07, 6.45) is 1.66. The minimum atomic E-state index is 0.421. The van der Waals surface area contributed by atoms with Crippen LogP contribution in [-0.2, 0) is 0 Å². The number of rotatable bonds is 1. The summed E-state index contributed by atoms with van der Waals surface area (Å²) in [5, 5.41) is 9.82. The Kier molecular flexibility index (Phi) is 1.24. The van der Waals surface area contributed by atoms with Crippen LogP contribution in [0.25, 0.3) is 0 Å². The number of hydrogen-bond donors (Lipinski definition) is 1. The predicted molar refractivity (Wildman–Crippen MR) is 27.0 cm³/mol. The molecule has 1 N–H and O–H groups in total. The van der Waals surface area contributed by atoms with E-state index >= 15 is 0 Å². The Morgan fingerprint density at radius 2 is 2.38 bits per heavy atom. The van der Waals surface area contributed by atoms with E-state index in [2.05, 4.69) is 29.4 Å². The molecule has 8 heavy (non-hydrogen) atoms. The van der Waals surface area contributed by atoms with Gasteiger partial charge in [0.25, 0.3) is 6.33 Å². The van der Waals surface area contributed by atoms with Crippen LogP contribution in [0, 0.1) is 0 Å². The van der Waals surface area contributed by atoms with Gasteiger partial charge in [0.15, 0.2) is 5.21 Å². The van der Waals surface area contributed by atoms with E-state index in [1.807, 2.05) is 4.68 Å². The van der Waals surface area contributed by atoms with E-state index in [1.54, 1.807) is 6.33 Å². The van der Waals surface area contributed by atoms with E-state index in [0.717, 1.165) is 0 Å². The average Bonchev–Trinajstić information content (AvgIpc) is 2.12. The molecule has 0 aliphatic rings. The van der Waals surface area contributed by atoms with Crippen molar-refractivity contribution in [3.63, 3.8) is 0 Å². The monoisotopic (exact) mass is 113 g/mol. The van der Waals surface area contributed by atoms with Crippen LogP contribution >= 0.6 is 0 Å². The van der Waals surface area contributed by atoms with Crippen LogP contribution in [0.5, 0.6) is 0 Å². The fourth-order valence-electron chi connectivity index (χ4n) is 0.434. The molecule has 0 aliphatic carbocycles. The zero-order valence-electron chi connectivity index (χ0n) is 5.00. The number of nitrogens with zero attached hydrogens (tertiary/aromatic N) is 3. The maximum atomic E-state index is 3.60. The van der Waals surface area contributed by atoms with Gasteiger partial charge in [-0.2, -0.15) is 4.68 Å². The first-order chi connectivity index (χ1) is 3.80. The van der Waals surface area contributed by atoms with E-state index in [0.29, 0.717) is 6.04 Å². The highest BCUT2D eigenvalue weighted by Crippen LogP contribution is 1.82. The van der Waals surface area contributed by atoms with E-state index in [9.17, 15) is 0 Å². The quantitative estimate of drug-likeness (QED) is 0.507. The molecule has 0 aromatic carbocycles. The Balaban J connectivity index is 2.77. The third kappa shape index (κ3) is 0.828. The summed E-state index contributed by atoms with van der Waals surface area (Å²) in [7, 11) is 0. The Labute approximate surface area is 47.5 Å². The minimum Gasteiger partial charge on any atom is -0.162 e. The summed E-state index contributed by atoms with van der Waals surface area (Å²) < 4.78 is 1.82. The fourth-order valence-corrected chi connectivity index (χ4v) is 0.434. The average molecular weight is 113 g/mol. The summed E-state index contributed by atoms with van der Waals surface area (Å²) in [4.78, 5) is 0. The molecule has 0 aliphatic heterocycles. The van der Waals surface area contributed by atoms with Crippen LogP contribution in [0.4, 0.5) is 0 Å². The first-order valence-electron chi connectivity index (χ1n) is 2.58. The van der Waals surface area contributed by atoms with Crippen molar-refractivity contribution in [1.29, 1.82) is 0 Å². The maximum Gasteiger partial charge on any atom is 0.288 e. The first-order valence-corrected chi connectivity index (χ1v) is 2.58. The molecule has 0 amide bonds. The molecule has 0 fully saturated rings. The SMILES string of the molecule is CC(C)[n+]1cnn[nH]1. The van der Waals surface area contributed by atoms with Gasteiger partial charge in [-0.15, -0.1) is 0 Å². The number of tetrazole rings is 1. The number of H-pyrrole nitrogens is 1. The summed E-state index contributed by atoms with van der Waals surface area (Å²) in [6, 6.07) is 0.421. The number of aromatic nitrogens is 4. The summed E-state index contributed by atoms with van der Waals surface area (Å²) in [6.45, 7) is 4.11. The van der Waals surface area contributed by atoms with E-state index in [4.69, 9.17) is 0 Å². The van der Waals surface area contributed by atoms with E-state index in [1.165, 1.54) is 0 Å². The molecule has 0 atom stereocenters. The Bertz CT molecular complexity index is 143. The van der Waals surface area contributed by atoms with Gasteiger partial charge in [0.2, 0.25) is 0 Å². The van der Waals surface area contributed by atoms with Crippen LogP contribution < -0.4 is 4.68 Å². The highest BCUT2D eigenvalue weighted by atomic mass is 15.5. The van der Waals surface area contributed by atoms with E-state index in [-0.39, 0.29) is 0 Å². The van der Waals surface area contributed by atoms with Crippen LogP contribution in [0.2, 0.25) is 0 Å². The zero-order chi connectivity index (χ0) is 5.98. The van der Waals surface area contributed by atoms with Crippen molar-refractivity contribution in [2.45, 2.75) is 19.9 Å². The second-order valence-corrected chi connectivity index (χ2v) is 1.93. The lowest BCUT2D eigenvalue weighted by atomic mass is 10.4. The fraction of sp³-hybridized carbons (Fsp3) is 0.750. The van der Waals surface area contributed by atoms with Crippen molar-refractivity contribution >= 4 is 0 Å². The Morgan fingerprint density at radius 1 is 1.62 bits per heavy atom. The third-order valence-electron chi connectivity index (χ3n) is 0.950. The number of hydrogen-bond acceptors (Lipinski definition) is 2. The molecule has 44 valence electrons. The molecule has 4 nitrogen and oxygen atoms in total. The molecule has 1 aromatic heterocycles. The van der Waals surface area contributed by atoms with Gasteiger partial charge in [0.1, 0.15) is 5.10 Å². The zero-order valence-corrected chi connectivity index (χ0v) is 5.00. The molecule has 0 saturated carbocycles. The second-order valence-electron chi connectivity index (χ2n) is 1.93. The highest BCUT2D eigenvalue weighted by molar-refractivity contribution is 4.23. The topological polar surface area (TPSA) is 45.5 Å². The smallest absolute Gasteiger partial charge is 0.162 e. The minimum absolute atomic E-state index is 0.421. The molecule has 4 heteroatoms. The van der Waals surface area contributed by atoms with Crippen molar-refractivity contribution in [2.75, 3.05) is 0 Å². The molecule has 1 heterocycles. The van der Waals surface area contributed by atoms with Crippen LogP contribution in [0.15, 0.2) is 6.33 Å². The van der Waals surface area contributed by atoms with Gasteiger partial charge in [0, 0.05) is 0 Å². The molecule has 0 unspecified atom stereocenters. The molecular weight excluding hydrogens is 104 g/mol. The maximum absolute atomic E-state index is 3.60. The normalized spacial score (nSPS) is 10.4. The molecule has 0 radical (unpaired) electrons. The number of nitrogens with one attached hydrogen (secondary N) is 1. The van der Waals surface area contributed by atoms with Crippen LogP contribution in [0.3, 0.4) is 0 Å². The van der Waals surface area contributed by atoms with Gasteiger partial charge >= 0.3 is 0 Å². The van der Waals surface area contributed by atoms with Gasteiger partial charge in [-0.25, -0.2) is 0 Å². The standard InChI is InChI=1S/C4H8N4/c1-4(2)8-3-5-6-7-8/h3-4H,1-2H3/p+1. The van der Waals surface area contributed by atoms with Gasteiger partial charge in [-0.3, -0.25) is 0 Å². The van der Waals surface area contributed by atoms with Gasteiger partial charge < -0.3 is 0 Å². The summed E-state index contributed by atoms with van der Waals surface area (Å²) in [5.41, 5.74) is 0. The molecule has 1 rings (SSSR count). The third-order valence-corrected chi connectivity index (χ3v) is 0.950. The van der Waals surface area contributed by atoms with E-state index < -0.39 is 0 Å². The lowest BCUT2D eigenvalue weighted by Gasteiger charge is -1.93. The second kappa shape index (κ2) is 1.90. The summed E-state index contributed by atoms with van der Waals surface area (Å²) >= 11 is 0. The molecular formula is C4H9N4+. The van der Waals surface area contributed by atoms with Crippen LogP contribution in [-0.4, -0.2) is 15.5 Å². The van der Waals surface area contributed by atoms with Crippen molar-refractivity contribution in [1.82, 2.24) is 15.5 Å². The first kappa shape index (κ1) is 5.21. The molecule has 0 bridgehead atoms. The van der Waals surface area contributed by atoms with Crippen molar-refractivity contribution in [3.05, 3.63) is 6.33 Å². The largest absolute Gasteiger partial charge is 0.288 e. The Hall–Kier alpha value is -0.930. The van der Waals surface area contributed by atoms with Gasteiger partial charge in [-0.1, -0.05) is 5.21 Å². The van der Waals surface area contributed by atoms with Gasteiger partial charge in [-0.05, 0) is 13.8 Å². The molecule has 0 saturated heterocycles. The molecule has 0 spiro atoms.